The smallest absolute Gasteiger partial charge is 0.162 e. The molecule has 11 rings (SSSR count). The number of thiophene rings is 1. The molecule has 0 bridgehead atoms. The summed E-state index contributed by atoms with van der Waals surface area (Å²) in [6.07, 6.45) is 4.80. The van der Waals surface area contributed by atoms with Crippen molar-refractivity contribution >= 4 is 28.4 Å². The topological polar surface area (TPSA) is 73.0 Å². The largest absolute Gasteiger partial charge is 0.508 e. The second kappa shape index (κ2) is 14.7. The molecular weight excluding hydrogens is 759 g/mol. The Morgan fingerprint density at radius 3 is 2.25 bits per heavy atom. The third-order valence-corrected chi connectivity index (χ3v) is 15.9. The van der Waals surface area contributed by atoms with Crippen LogP contribution in [0.3, 0.4) is 0 Å². The number of aryl methyl sites for hydroxylation is 3. The predicted octanol–water partition coefficient (Wildman–Crippen LogP) is 9.77. The Bertz CT molecular complexity index is 2570. The van der Waals surface area contributed by atoms with Gasteiger partial charge in [-0.15, -0.1) is 21.5 Å². The highest BCUT2D eigenvalue weighted by Crippen LogP contribution is 2.53. The Morgan fingerprint density at radius 2 is 1.50 bits per heavy atom. The van der Waals surface area contributed by atoms with Gasteiger partial charge in [0, 0.05) is 84.5 Å². The normalized spacial score (nSPS) is 22.3. The van der Waals surface area contributed by atoms with Crippen molar-refractivity contribution in [3.05, 3.63) is 153 Å². The van der Waals surface area contributed by atoms with Crippen LogP contribution in [-0.2, 0) is 6.42 Å². The maximum absolute atomic E-state index is 10.3. The van der Waals surface area contributed by atoms with Crippen molar-refractivity contribution in [1.82, 2.24) is 19.7 Å². The first-order valence-corrected chi connectivity index (χ1v) is 22.9. The van der Waals surface area contributed by atoms with Crippen molar-refractivity contribution in [1.29, 1.82) is 0 Å². The molecule has 0 amide bonds. The average molecular weight is 814 g/mol. The molecule has 306 valence electrons. The van der Waals surface area contributed by atoms with Crippen LogP contribution >= 0.6 is 11.3 Å². The van der Waals surface area contributed by atoms with Crippen LogP contribution in [0.15, 0.2) is 102 Å². The number of piperazine rings is 1. The molecule has 9 heteroatoms. The van der Waals surface area contributed by atoms with Gasteiger partial charge in [-0.05, 0) is 129 Å². The molecule has 8 nitrogen and oxygen atoms in total. The molecule has 5 aliphatic rings. The van der Waals surface area contributed by atoms with E-state index in [1.54, 1.807) is 0 Å². The predicted molar refractivity (Wildman–Crippen MR) is 244 cm³/mol. The molecule has 2 saturated heterocycles. The van der Waals surface area contributed by atoms with Crippen LogP contribution in [0, 0.1) is 32.1 Å². The summed E-state index contributed by atoms with van der Waals surface area (Å²) in [7, 11) is 0. The van der Waals surface area contributed by atoms with Gasteiger partial charge in [0.25, 0.3) is 0 Å². The van der Waals surface area contributed by atoms with Gasteiger partial charge in [-0.25, -0.2) is 0 Å². The maximum atomic E-state index is 10.3. The highest BCUT2D eigenvalue weighted by atomic mass is 32.1. The maximum Gasteiger partial charge on any atom is 0.162 e. The minimum absolute atomic E-state index is 0.0680. The number of anilines is 2. The van der Waals surface area contributed by atoms with E-state index in [0.29, 0.717) is 17.1 Å². The lowest BCUT2D eigenvalue weighted by molar-refractivity contribution is 0.00322. The van der Waals surface area contributed by atoms with E-state index >= 15 is 0 Å². The Hall–Kier alpha value is -5.25. The molecule has 3 aliphatic heterocycles. The van der Waals surface area contributed by atoms with Crippen molar-refractivity contribution in [2.24, 2.45) is 16.3 Å². The molecule has 1 N–H and O–H groups in total. The second-order valence-electron chi connectivity index (χ2n) is 18.5. The molecule has 6 aromatic rings. The molecule has 60 heavy (non-hydrogen) atoms. The molecular formula is C51H55N7OS. The van der Waals surface area contributed by atoms with Gasteiger partial charge in [0.05, 0.1) is 5.71 Å². The highest BCUT2D eigenvalue weighted by Gasteiger charge is 2.52. The van der Waals surface area contributed by atoms with Gasteiger partial charge < -0.3 is 14.9 Å². The van der Waals surface area contributed by atoms with E-state index in [9.17, 15) is 5.11 Å². The average Bonchev–Trinajstić information content (AvgIpc) is 3.73. The molecule has 1 saturated carbocycles. The number of aromatic nitrogens is 3. The number of phenols is 1. The Labute approximate surface area is 358 Å². The molecule has 0 radical (unpaired) electrons. The Morgan fingerprint density at radius 1 is 0.783 bits per heavy atom. The first-order chi connectivity index (χ1) is 29.2. The van der Waals surface area contributed by atoms with Gasteiger partial charge in [-0.2, -0.15) is 0 Å². The molecule has 0 unspecified atom stereocenters. The van der Waals surface area contributed by atoms with Crippen molar-refractivity contribution < 1.29 is 5.11 Å². The van der Waals surface area contributed by atoms with Gasteiger partial charge >= 0.3 is 0 Å². The van der Waals surface area contributed by atoms with Gasteiger partial charge in [0.1, 0.15) is 22.6 Å². The van der Waals surface area contributed by atoms with Crippen molar-refractivity contribution in [3.63, 3.8) is 0 Å². The summed E-state index contributed by atoms with van der Waals surface area (Å²) < 4.78 is 2.22. The lowest BCUT2D eigenvalue weighted by Gasteiger charge is -2.60. The molecule has 3 atom stereocenters. The Balaban J connectivity index is 0.685. The molecule has 2 aromatic heterocycles. The minimum atomic E-state index is -0.0680. The van der Waals surface area contributed by atoms with E-state index in [2.05, 4.69) is 135 Å². The summed E-state index contributed by atoms with van der Waals surface area (Å²) in [5, 5.41) is 20.4. The summed E-state index contributed by atoms with van der Waals surface area (Å²) in [5.41, 5.74) is 13.3. The van der Waals surface area contributed by atoms with Crippen LogP contribution in [0.5, 0.6) is 5.75 Å². The van der Waals surface area contributed by atoms with E-state index in [1.165, 1.54) is 92.7 Å². The zero-order valence-electron chi connectivity index (χ0n) is 35.3. The van der Waals surface area contributed by atoms with E-state index < -0.39 is 0 Å². The van der Waals surface area contributed by atoms with Crippen molar-refractivity contribution in [2.75, 3.05) is 55.6 Å². The summed E-state index contributed by atoms with van der Waals surface area (Å²) in [4.78, 5) is 14.5. The second-order valence-corrected chi connectivity index (χ2v) is 19.7. The summed E-state index contributed by atoms with van der Waals surface area (Å²) in [6.45, 7) is 16.6. The fraction of sp³-hybridized carbons (Fsp3) is 0.392. The molecule has 3 fully saturated rings. The monoisotopic (exact) mass is 813 g/mol. The number of phenolic OH excluding ortho intramolecular Hbond substituents is 1. The summed E-state index contributed by atoms with van der Waals surface area (Å²) in [5.74, 6) is 3.72. The first kappa shape index (κ1) is 37.7. The van der Waals surface area contributed by atoms with Crippen molar-refractivity contribution in [3.8, 4) is 10.8 Å². The molecule has 2 aliphatic carbocycles. The summed E-state index contributed by atoms with van der Waals surface area (Å²) in [6, 6.07) is 35.6. The number of nitrogens with zero attached hydrogens (tertiary/aromatic N) is 7. The first-order valence-electron chi connectivity index (χ1n) is 22.1. The SMILES string of the molecule is Cc1sc2c(c1C)C(c1ccc(N3CC4(CC(CN5CCN(c6ccc([C@@H]7c8ccc(O)cc8CC[C@@H]7c7ccccc7)cc6)CC5)C4)C3)cc1)=N[C@@H](C)c1nnc(C)n1-2. The van der Waals surface area contributed by atoms with Gasteiger partial charge in [-0.1, -0.05) is 60.7 Å². The van der Waals surface area contributed by atoms with E-state index in [-0.39, 0.29) is 12.0 Å². The number of benzene rings is 4. The quantitative estimate of drug-likeness (QED) is 0.173. The number of aliphatic imine (C=N–C) groups is 1. The third-order valence-electron chi connectivity index (χ3n) is 14.7. The number of hydrogen-bond acceptors (Lipinski definition) is 8. The van der Waals surface area contributed by atoms with Gasteiger partial charge in [-0.3, -0.25) is 14.5 Å². The van der Waals surface area contributed by atoms with Gasteiger partial charge in [0.2, 0.25) is 0 Å². The van der Waals surface area contributed by atoms with Gasteiger partial charge in [0.15, 0.2) is 5.82 Å². The summed E-state index contributed by atoms with van der Waals surface area (Å²) >= 11 is 1.82. The fourth-order valence-corrected chi connectivity index (χ4v) is 12.7. The number of fused-ring (bicyclic) bond motifs is 4. The van der Waals surface area contributed by atoms with Crippen LogP contribution in [-0.4, -0.2) is 76.3 Å². The number of aromatic hydroxyl groups is 1. The fourth-order valence-electron chi connectivity index (χ4n) is 11.5. The third kappa shape index (κ3) is 6.47. The van der Waals surface area contributed by atoms with Crippen LogP contribution < -0.4 is 9.80 Å². The standard InChI is InChI=1S/C51H55N7OS/c1-32-34(3)60-50-46(32)48(52-33(2)49-54-53-35(4)58(49)50)39-12-17-42(18-13-39)57-30-51(31-57)27-36(28-51)29-55-22-24-56(25-23-55)41-15-10-38(11-16-41)47-44(37-8-6-5-7-9-37)20-14-40-26-43(59)19-21-45(40)47/h5-13,15-19,21,26,33,36,44,47,59H,14,20,22-25,27-31H2,1-4H3/t33-,44+,47-/m0/s1. The van der Waals surface area contributed by atoms with E-state index in [0.717, 1.165) is 62.3 Å². The lowest BCUT2D eigenvalue weighted by atomic mass is 9.57. The zero-order chi connectivity index (χ0) is 40.7. The molecule has 4 aromatic carbocycles. The van der Waals surface area contributed by atoms with E-state index in [1.807, 2.05) is 30.4 Å². The number of hydrogen-bond donors (Lipinski definition) is 1. The van der Waals surface area contributed by atoms with E-state index in [4.69, 9.17) is 4.99 Å². The van der Waals surface area contributed by atoms with Crippen LogP contribution in [0.2, 0.25) is 0 Å². The van der Waals surface area contributed by atoms with Crippen LogP contribution in [0.1, 0.15) is 99.5 Å². The highest BCUT2D eigenvalue weighted by molar-refractivity contribution is 7.15. The molecule has 5 heterocycles. The van der Waals surface area contributed by atoms with Crippen molar-refractivity contribution in [2.45, 2.75) is 71.3 Å². The zero-order valence-corrected chi connectivity index (χ0v) is 36.1. The van der Waals surface area contributed by atoms with Crippen LogP contribution in [0.25, 0.3) is 5.00 Å². The molecule has 1 spiro atoms. The Kier molecular flexibility index (Phi) is 9.26. The lowest BCUT2D eigenvalue weighted by Crippen LogP contribution is -2.64. The minimum Gasteiger partial charge on any atom is -0.508 e. The number of rotatable bonds is 7. The van der Waals surface area contributed by atoms with Crippen LogP contribution in [0.4, 0.5) is 11.4 Å².